The van der Waals surface area contributed by atoms with Crippen LogP contribution in [-0.2, 0) is 14.3 Å². The molecule has 1 amide bonds. The average Bonchev–Trinajstić information content (AvgIpc) is 2.99. The van der Waals surface area contributed by atoms with Crippen LogP contribution in [0.5, 0.6) is 0 Å². The lowest BCUT2D eigenvalue weighted by atomic mass is 9.81. The summed E-state index contributed by atoms with van der Waals surface area (Å²) in [7, 11) is 0. The summed E-state index contributed by atoms with van der Waals surface area (Å²) >= 11 is 0. The van der Waals surface area contributed by atoms with E-state index >= 15 is 0 Å². The van der Waals surface area contributed by atoms with E-state index in [1.807, 2.05) is 27.7 Å². The zero-order chi connectivity index (χ0) is 31.8. The Balaban J connectivity index is 2.03. The highest BCUT2D eigenvalue weighted by Crippen LogP contribution is 2.33. The summed E-state index contributed by atoms with van der Waals surface area (Å²) in [6, 6.07) is 4.05. The predicted molar refractivity (Wildman–Crippen MR) is 169 cm³/mol. The summed E-state index contributed by atoms with van der Waals surface area (Å²) in [5.41, 5.74) is 19.5. The molecule has 1 aliphatic heterocycles. The van der Waals surface area contributed by atoms with Gasteiger partial charge in [-0.3, -0.25) is 14.4 Å². The molecule has 7 N–H and O–H groups in total. The van der Waals surface area contributed by atoms with Crippen molar-refractivity contribution >= 4 is 23.2 Å². The standard InChI is InChI=1S/C33H55N5O5/c1-20(2)25(18-29(39)26(35)17-23-11-7-6-8-12-23)33(42)38(37-15-16-43-19-28(37)31(40)22(5)34)27-14-10-9-13-24(27)32(41)30(36)21(3)4/h9-10,13-14,20-23,25-26,28-30,39H,6-8,11-12,15-19,34-36H2,1-5H3/t22?,25-,26-,28?,29-,30?/m0/s1. The maximum absolute atomic E-state index is 14.8. The lowest BCUT2D eigenvalue weighted by molar-refractivity contribution is -0.138. The van der Waals surface area contributed by atoms with Crippen LogP contribution in [0.2, 0.25) is 0 Å². The summed E-state index contributed by atoms with van der Waals surface area (Å²) in [6.45, 7) is 9.83. The lowest BCUT2D eigenvalue weighted by Crippen LogP contribution is -2.63. The number of hydrazine groups is 1. The van der Waals surface area contributed by atoms with E-state index in [-0.39, 0.29) is 55.5 Å². The molecule has 0 aromatic heterocycles. The molecule has 6 atom stereocenters. The van der Waals surface area contributed by atoms with E-state index < -0.39 is 36.2 Å². The number of ether oxygens (including phenoxy) is 1. The Hall–Kier alpha value is -2.21. The summed E-state index contributed by atoms with van der Waals surface area (Å²) in [4.78, 5) is 41.7. The molecule has 1 saturated heterocycles. The molecule has 1 heterocycles. The number of nitrogens with two attached hydrogens (primary N) is 3. The van der Waals surface area contributed by atoms with E-state index in [4.69, 9.17) is 21.9 Å². The van der Waals surface area contributed by atoms with Gasteiger partial charge in [-0.05, 0) is 49.7 Å². The highest BCUT2D eigenvalue weighted by atomic mass is 16.5. The number of Topliss-reactive ketones (excluding diaryl/α,β-unsaturated/α-hetero) is 2. The van der Waals surface area contributed by atoms with Gasteiger partial charge in [-0.25, -0.2) is 5.01 Å². The molecular formula is C33H55N5O5. The number of morpholine rings is 1. The Morgan fingerprint density at radius 3 is 2.26 bits per heavy atom. The fourth-order valence-corrected chi connectivity index (χ4v) is 6.31. The molecule has 0 spiro atoms. The van der Waals surface area contributed by atoms with E-state index in [1.54, 1.807) is 36.2 Å². The number of hydrogen-bond donors (Lipinski definition) is 4. The second-order valence-electron chi connectivity index (χ2n) is 13.3. The number of hydrogen-bond acceptors (Lipinski definition) is 9. The Morgan fingerprint density at radius 1 is 1.00 bits per heavy atom. The van der Waals surface area contributed by atoms with Gasteiger partial charge >= 0.3 is 0 Å². The number of anilines is 1. The number of aliphatic hydroxyl groups excluding tert-OH is 1. The minimum atomic E-state index is -0.877. The summed E-state index contributed by atoms with van der Waals surface area (Å²) in [6.07, 6.45) is 5.88. The van der Waals surface area contributed by atoms with Gasteiger partial charge < -0.3 is 27.0 Å². The number of amides is 1. The average molecular weight is 602 g/mol. The van der Waals surface area contributed by atoms with Crippen LogP contribution in [0.15, 0.2) is 24.3 Å². The van der Waals surface area contributed by atoms with Crippen LogP contribution < -0.4 is 22.2 Å². The van der Waals surface area contributed by atoms with Crippen LogP contribution in [0.25, 0.3) is 0 Å². The van der Waals surface area contributed by atoms with Crippen LogP contribution in [0.3, 0.4) is 0 Å². The Morgan fingerprint density at radius 2 is 1.65 bits per heavy atom. The molecule has 1 aliphatic carbocycles. The number of aliphatic hydroxyl groups is 1. The van der Waals surface area contributed by atoms with Crippen molar-refractivity contribution < 1.29 is 24.2 Å². The van der Waals surface area contributed by atoms with E-state index in [2.05, 4.69) is 0 Å². The minimum absolute atomic E-state index is 0.0625. The van der Waals surface area contributed by atoms with Crippen LogP contribution in [0.4, 0.5) is 5.69 Å². The Bertz CT molecular complexity index is 1070. The second-order valence-corrected chi connectivity index (χ2v) is 13.3. The van der Waals surface area contributed by atoms with Gasteiger partial charge in [0.2, 0.25) is 5.91 Å². The zero-order valence-corrected chi connectivity index (χ0v) is 26.8. The van der Waals surface area contributed by atoms with Crippen molar-refractivity contribution in [3.05, 3.63) is 29.8 Å². The second kappa shape index (κ2) is 16.2. The van der Waals surface area contributed by atoms with Crippen molar-refractivity contribution in [2.75, 3.05) is 24.8 Å². The first-order valence-corrected chi connectivity index (χ1v) is 16.1. The molecule has 43 heavy (non-hydrogen) atoms. The number of nitrogens with zero attached hydrogens (tertiary/aromatic N) is 2. The molecule has 1 aromatic rings. The van der Waals surface area contributed by atoms with Crippen LogP contribution in [0, 0.1) is 23.7 Å². The van der Waals surface area contributed by atoms with Gasteiger partial charge in [0.15, 0.2) is 11.6 Å². The number of carbonyl (C=O) groups excluding carboxylic acids is 3. The number of ketones is 2. The number of rotatable bonds is 14. The van der Waals surface area contributed by atoms with Gasteiger partial charge in [0.25, 0.3) is 0 Å². The normalized spacial score (nSPS) is 22.2. The van der Waals surface area contributed by atoms with Gasteiger partial charge in [0.05, 0.1) is 37.1 Å². The SMILES string of the molecule is CC(N)C(=O)C1COCCN1N(C(=O)[C@@H](C[C@H](O)[C@@H](N)CC1CCCCC1)C(C)C)c1ccccc1C(=O)C(N)C(C)C. The van der Waals surface area contributed by atoms with Crippen molar-refractivity contribution in [3.63, 3.8) is 0 Å². The van der Waals surface area contributed by atoms with Gasteiger partial charge in [0, 0.05) is 24.1 Å². The third-order valence-electron chi connectivity index (χ3n) is 9.20. The molecule has 3 unspecified atom stereocenters. The van der Waals surface area contributed by atoms with E-state index in [9.17, 15) is 19.5 Å². The third-order valence-corrected chi connectivity index (χ3v) is 9.20. The summed E-state index contributed by atoms with van der Waals surface area (Å²) in [5, 5.41) is 14.5. The summed E-state index contributed by atoms with van der Waals surface area (Å²) < 4.78 is 5.67. The molecular weight excluding hydrogens is 546 g/mol. The van der Waals surface area contributed by atoms with Gasteiger partial charge in [0.1, 0.15) is 6.04 Å². The highest BCUT2D eigenvalue weighted by Gasteiger charge is 2.42. The molecule has 2 fully saturated rings. The van der Waals surface area contributed by atoms with Crippen molar-refractivity contribution in [1.82, 2.24) is 5.01 Å². The number of benzene rings is 1. The molecule has 0 radical (unpaired) electrons. The zero-order valence-electron chi connectivity index (χ0n) is 26.8. The van der Waals surface area contributed by atoms with Crippen molar-refractivity contribution in [3.8, 4) is 0 Å². The van der Waals surface area contributed by atoms with Gasteiger partial charge in [-0.2, -0.15) is 5.01 Å². The van der Waals surface area contributed by atoms with Gasteiger partial charge in [-0.15, -0.1) is 0 Å². The quantitative estimate of drug-likeness (QED) is 0.235. The topological polar surface area (TPSA) is 165 Å². The molecule has 1 aromatic carbocycles. The monoisotopic (exact) mass is 601 g/mol. The fourth-order valence-electron chi connectivity index (χ4n) is 6.31. The Kier molecular flexibility index (Phi) is 13.3. The predicted octanol–water partition coefficient (Wildman–Crippen LogP) is 3.04. The van der Waals surface area contributed by atoms with Crippen LogP contribution in [-0.4, -0.2) is 77.6 Å². The fraction of sp³-hybridized carbons (Fsp3) is 0.727. The van der Waals surface area contributed by atoms with Crippen LogP contribution >= 0.6 is 0 Å². The minimum Gasteiger partial charge on any atom is -0.391 e. The molecule has 3 rings (SSSR count). The Labute approximate surface area is 257 Å². The maximum atomic E-state index is 14.8. The molecule has 2 aliphatic rings. The first kappa shape index (κ1) is 35.3. The van der Waals surface area contributed by atoms with Crippen molar-refractivity contribution in [2.24, 2.45) is 40.9 Å². The molecule has 10 nitrogen and oxygen atoms in total. The first-order valence-electron chi connectivity index (χ1n) is 16.1. The molecule has 242 valence electrons. The smallest absolute Gasteiger partial charge is 0.245 e. The summed E-state index contributed by atoms with van der Waals surface area (Å²) in [5.74, 6) is -1.30. The largest absolute Gasteiger partial charge is 0.391 e. The number of carbonyl (C=O) groups is 3. The van der Waals surface area contributed by atoms with Crippen molar-refractivity contribution in [2.45, 2.75) is 110 Å². The van der Waals surface area contributed by atoms with E-state index in [0.717, 1.165) is 19.3 Å². The van der Waals surface area contributed by atoms with E-state index in [1.165, 1.54) is 24.3 Å². The number of para-hydroxylation sites is 1. The molecule has 1 saturated carbocycles. The van der Waals surface area contributed by atoms with Gasteiger partial charge in [-0.1, -0.05) is 71.9 Å². The highest BCUT2D eigenvalue weighted by molar-refractivity contribution is 6.08. The molecule has 10 heteroatoms. The first-order chi connectivity index (χ1) is 20.3. The van der Waals surface area contributed by atoms with E-state index in [0.29, 0.717) is 17.2 Å². The van der Waals surface area contributed by atoms with Crippen molar-refractivity contribution in [1.29, 1.82) is 0 Å². The molecule has 0 bridgehead atoms. The van der Waals surface area contributed by atoms with Crippen LogP contribution in [0.1, 0.15) is 89.9 Å². The lowest BCUT2D eigenvalue weighted by Gasteiger charge is -2.44. The maximum Gasteiger partial charge on any atom is 0.245 e. The third kappa shape index (κ3) is 8.93.